The summed E-state index contributed by atoms with van der Waals surface area (Å²) < 4.78 is 18.8. The van der Waals surface area contributed by atoms with Gasteiger partial charge in [0.25, 0.3) is 5.91 Å². The summed E-state index contributed by atoms with van der Waals surface area (Å²) in [4.78, 5) is 22.0. The smallest absolute Gasteiger partial charge is 0.312 e. The van der Waals surface area contributed by atoms with E-state index in [4.69, 9.17) is 4.74 Å². The van der Waals surface area contributed by atoms with E-state index >= 15 is 0 Å². The van der Waals surface area contributed by atoms with Crippen LogP contribution in [0, 0.1) is 15.9 Å². The topological polar surface area (TPSA) is 81.5 Å². The first-order chi connectivity index (χ1) is 10.4. The largest absolute Gasteiger partial charge is 0.450 e. The van der Waals surface area contributed by atoms with Gasteiger partial charge in [0, 0.05) is 18.7 Å². The molecule has 114 valence electrons. The molecule has 0 spiro atoms. The van der Waals surface area contributed by atoms with Crippen LogP contribution in [0.25, 0.3) is 0 Å². The van der Waals surface area contributed by atoms with Crippen molar-refractivity contribution in [3.05, 3.63) is 62.4 Å². The number of amides is 1. The van der Waals surface area contributed by atoms with Crippen LogP contribution in [0.1, 0.15) is 10.4 Å². The third-order valence-electron chi connectivity index (χ3n) is 2.76. The molecule has 0 unspecified atom stereocenters. The third kappa shape index (κ3) is 3.40. The van der Waals surface area contributed by atoms with Crippen LogP contribution in [-0.4, -0.2) is 17.9 Å². The molecule has 2 aromatic rings. The molecule has 6 nitrogen and oxygen atoms in total. The SMILES string of the molecule is CNC(=O)c1ccc(Oc2ccc(F)c(Br)c2)c([N+](=O)[O-])c1. The molecule has 0 aliphatic rings. The molecule has 0 atom stereocenters. The monoisotopic (exact) mass is 368 g/mol. The van der Waals surface area contributed by atoms with Crippen LogP contribution >= 0.6 is 15.9 Å². The summed E-state index contributed by atoms with van der Waals surface area (Å²) in [6.45, 7) is 0. The lowest BCUT2D eigenvalue weighted by Crippen LogP contribution is -2.17. The fourth-order valence-electron chi connectivity index (χ4n) is 1.70. The first kappa shape index (κ1) is 15.9. The molecule has 0 radical (unpaired) electrons. The lowest BCUT2D eigenvalue weighted by Gasteiger charge is -2.08. The molecule has 2 aromatic carbocycles. The Balaban J connectivity index is 2.39. The minimum atomic E-state index is -0.652. The Bertz CT molecular complexity index is 752. The highest BCUT2D eigenvalue weighted by Gasteiger charge is 2.19. The van der Waals surface area contributed by atoms with Gasteiger partial charge < -0.3 is 10.1 Å². The number of halogens is 2. The van der Waals surface area contributed by atoms with Crippen molar-refractivity contribution in [1.29, 1.82) is 0 Å². The summed E-state index contributed by atoms with van der Waals surface area (Å²) in [6.07, 6.45) is 0. The number of hydrogen-bond donors (Lipinski definition) is 1. The molecular weight excluding hydrogens is 359 g/mol. The van der Waals surface area contributed by atoms with Gasteiger partial charge >= 0.3 is 5.69 Å². The maximum Gasteiger partial charge on any atom is 0.312 e. The van der Waals surface area contributed by atoms with Gasteiger partial charge in [-0.1, -0.05) is 0 Å². The highest BCUT2D eigenvalue weighted by Crippen LogP contribution is 2.33. The van der Waals surface area contributed by atoms with Gasteiger partial charge in [-0.05, 0) is 46.3 Å². The average Bonchev–Trinajstić information content (AvgIpc) is 2.50. The quantitative estimate of drug-likeness (QED) is 0.659. The van der Waals surface area contributed by atoms with Gasteiger partial charge in [0.2, 0.25) is 5.75 Å². The fraction of sp³-hybridized carbons (Fsp3) is 0.0714. The van der Waals surface area contributed by atoms with Crippen LogP contribution in [0.15, 0.2) is 40.9 Å². The number of nitro benzene ring substituents is 1. The summed E-state index contributed by atoms with van der Waals surface area (Å²) in [5, 5.41) is 13.5. The van der Waals surface area contributed by atoms with E-state index in [-0.39, 0.29) is 27.2 Å². The lowest BCUT2D eigenvalue weighted by molar-refractivity contribution is -0.385. The zero-order valence-electron chi connectivity index (χ0n) is 11.3. The van der Waals surface area contributed by atoms with Gasteiger partial charge in [0.15, 0.2) is 0 Å². The number of benzene rings is 2. The van der Waals surface area contributed by atoms with Gasteiger partial charge in [-0.3, -0.25) is 14.9 Å². The summed E-state index contributed by atoms with van der Waals surface area (Å²) in [5.41, 5.74) is -0.219. The Morgan fingerprint density at radius 1 is 1.32 bits per heavy atom. The van der Waals surface area contributed by atoms with Crippen molar-refractivity contribution in [2.45, 2.75) is 0 Å². The average molecular weight is 369 g/mol. The van der Waals surface area contributed by atoms with Crippen molar-refractivity contribution in [2.24, 2.45) is 0 Å². The molecule has 22 heavy (non-hydrogen) atoms. The maximum absolute atomic E-state index is 13.2. The van der Waals surface area contributed by atoms with Gasteiger partial charge in [-0.2, -0.15) is 0 Å². The second kappa shape index (κ2) is 6.52. The van der Waals surface area contributed by atoms with E-state index in [1.54, 1.807) is 0 Å². The molecular formula is C14H10BrFN2O4. The molecule has 0 saturated heterocycles. The Hall–Kier alpha value is -2.48. The predicted molar refractivity (Wildman–Crippen MR) is 80.7 cm³/mol. The molecule has 0 bridgehead atoms. The number of nitrogens with one attached hydrogen (secondary N) is 1. The molecule has 2 rings (SSSR count). The van der Waals surface area contributed by atoms with E-state index in [0.717, 1.165) is 6.07 Å². The zero-order chi connectivity index (χ0) is 16.3. The van der Waals surface area contributed by atoms with Crippen molar-refractivity contribution >= 4 is 27.5 Å². The van der Waals surface area contributed by atoms with Crippen LogP contribution in [0.3, 0.4) is 0 Å². The number of carbonyl (C=O) groups is 1. The number of nitro groups is 1. The van der Waals surface area contributed by atoms with E-state index < -0.39 is 16.6 Å². The van der Waals surface area contributed by atoms with Crippen molar-refractivity contribution in [2.75, 3.05) is 7.05 Å². The maximum atomic E-state index is 13.2. The molecule has 0 aliphatic carbocycles. The van der Waals surface area contributed by atoms with E-state index in [1.807, 2.05) is 0 Å². The molecule has 1 N–H and O–H groups in total. The summed E-state index contributed by atoms with van der Waals surface area (Å²) in [6, 6.07) is 7.71. The lowest BCUT2D eigenvalue weighted by atomic mass is 10.1. The van der Waals surface area contributed by atoms with Gasteiger partial charge in [-0.25, -0.2) is 4.39 Å². The van der Waals surface area contributed by atoms with Gasteiger partial charge in [0.05, 0.1) is 9.40 Å². The summed E-state index contributed by atoms with van der Waals surface area (Å²) >= 11 is 3.01. The van der Waals surface area contributed by atoms with Crippen molar-refractivity contribution in [1.82, 2.24) is 5.32 Å². The Kier molecular flexibility index (Phi) is 4.71. The standard InChI is InChI=1S/C14H10BrFN2O4/c1-17-14(19)8-2-5-13(12(6-8)18(20)21)22-9-3-4-11(16)10(15)7-9/h2-7H,1H3,(H,17,19). The molecule has 0 fully saturated rings. The van der Waals surface area contributed by atoms with E-state index in [2.05, 4.69) is 21.2 Å². The van der Waals surface area contributed by atoms with Crippen LogP contribution in [0.2, 0.25) is 0 Å². The minimum absolute atomic E-state index is 0.0452. The Morgan fingerprint density at radius 3 is 2.64 bits per heavy atom. The third-order valence-corrected chi connectivity index (χ3v) is 3.37. The van der Waals surface area contributed by atoms with Crippen molar-refractivity contribution in [3.8, 4) is 11.5 Å². The first-order valence-corrected chi connectivity index (χ1v) is 6.85. The molecule has 8 heteroatoms. The van der Waals surface area contributed by atoms with E-state index in [1.165, 1.54) is 37.4 Å². The van der Waals surface area contributed by atoms with Crippen LogP contribution in [0.5, 0.6) is 11.5 Å². The van der Waals surface area contributed by atoms with Gasteiger partial charge in [-0.15, -0.1) is 0 Å². The van der Waals surface area contributed by atoms with Crippen molar-refractivity contribution < 1.29 is 18.8 Å². The van der Waals surface area contributed by atoms with E-state index in [0.29, 0.717) is 0 Å². The second-order valence-electron chi connectivity index (χ2n) is 4.20. The first-order valence-electron chi connectivity index (χ1n) is 6.06. The fourth-order valence-corrected chi connectivity index (χ4v) is 2.06. The number of ether oxygens (including phenoxy) is 1. The molecule has 0 aliphatic heterocycles. The van der Waals surface area contributed by atoms with Crippen LogP contribution in [0.4, 0.5) is 10.1 Å². The zero-order valence-corrected chi connectivity index (χ0v) is 12.9. The van der Waals surface area contributed by atoms with E-state index in [9.17, 15) is 19.3 Å². The van der Waals surface area contributed by atoms with Gasteiger partial charge in [0.1, 0.15) is 11.6 Å². The molecule has 0 saturated carbocycles. The second-order valence-corrected chi connectivity index (χ2v) is 5.05. The Labute approximate surface area is 133 Å². The normalized spacial score (nSPS) is 10.1. The van der Waals surface area contributed by atoms with Crippen LogP contribution < -0.4 is 10.1 Å². The Morgan fingerprint density at radius 2 is 2.05 bits per heavy atom. The van der Waals surface area contributed by atoms with Crippen LogP contribution in [-0.2, 0) is 0 Å². The highest BCUT2D eigenvalue weighted by atomic mass is 79.9. The van der Waals surface area contributed by atoms with Crippen molar-refractivity contribution in [3.63, 3.8) is 0 Å². The minimum Gasteiger partial charge on any atom is -0.450 e. The number of hydrogen-bond acceptors (Lipinski definition) is 4. The number of nitrogens with zero attached hydrogens (tertiary/aromatic N) is 1. The highest BCUT2D eigenvalue weighted by molar-refractivity contribution is 9.10. The number of rotatable bonds is 4. The number of carbonyl (C=O) groups excluding carboxylic acids is 1. The molecule has 0 aromatic heterocycles. The summed E-state index contributed by atoms with van der Waals surface area (Å²) in [7, 11) is 1.43. The molecule has 1 amide bonds. The molecule has 0 heterocycles. The predicted octanol–water partition coefficient (Wildman–Crippen LogP) is 3.65. The summed E-state index contributed by atoms with van der Waals surface area (Å²) in [5.74, 6) is -0.740.